The van der Waals surface area contributed by atoms with Crippen LogP contribution < -0.4 is 5.32 Å². The van der Waals surface area contributed by atoms with E-state index in [0.717, 1.165) is 24.1 Å². The average Bonchev–Trinajstić information content (AvgIpc) is 2.41. The second-order valence-corrected chi connectivity index (χ2v) is 6.78. The van der Waals surface area contributed by atoms with E-state index in [1.54, 1.807) is 12.1 Å². The summed E-state index contributed by atoms with van der Waals surface area (Å²) >= 11 is 0. The van der Waals surface area contributed by atoms with Crippen LogP contribution in [0.2, 0.25) is 0 Å². The van der Waals surface area contributed by atoms with Crippen LogP contribution in [0.1, 0.15) is 43.0 Å². The number of aryl methyl sites for hydroxylation is 2. The Kier molecular flexibility index (Phi) is 3.48. The van der Waals surface area contributed by atoms with Crippen molar-refractivity contribution in [3.05, 3.63) is 65.0 Å². The molecule has 110 valence electrons. The Hall–Kier alpha value is -1.83. The number of benzene rings is 2. The Labute approximate surface area is 126 Å². The van der Waals surface area contributed by atoms with Gasteiger partial charge in [0, 0.05) is 5.69 Å². The van der Waals surface area contributed by atoms with E-state index in [0.29, 0.717) is 0 Å². The summed E-state index contributed by atoms with van der Waals surface area (Å²) in [5.41, 5.74) is 4.70. The van der Waals surface area contributed by atoms with Crippen LogP contribution in [0.25, 0.3) is 0 Å². The lowest BCUT2D eigenvalue weighted by Gasteiger charge is -2.41. The first-order valence-corrected chi connectivity index (χ1v) is 7.57. The molecule has 2 aromatic rings. The first-order chi connectivity index (χ1) is 9.95. The molecule has 0 saturated carbocycles. The molecule has 1 N–H and O–H groups in total. The standard InChI is InChI=1S/C19H22FN/c1-13-10-15(20)12-16(11-13)21-18-17-7-5-4-6-14(17)8-9-19(18,2)3/h4-7,10-12,18,21H,8-9H2,1-3H3. The lowest BCUT2D eigenvalue weighted by molar-refractivity contribution is 0.265. The number of halogens is 1. The average molecular weight is 283 g/mol. The van der Waals surface area contributed by atoms with Crippen LogP contribution >= 0.6 is 0 Å². The van der Waals surface area contributed by atoms with Crippen molar-refractivity contribution in [2.24, 2.45) is 5.41 Å². The summed E-state index contributed by atoms with van der Waals surface area (Å²) in [4.78, 5) is 0. The van der Waals surface area contributed by atoms with E-state index in [-0.39, 0.29) is 17.3 Å². The smallest absolute Gasteiger partial charge is 0.125 e. The molecule has 0 amide bonds. The van der Waals surface area contributed by atoms with Crippen LogP contribution in [0.15, 0.2) is 42.5 Å². The van der Waals surface area contributed by atoms with E-state index in [4.69, 9.17) is 0 Å². The van der Waals surface area contributed by atoms with Crippen molar-refractivity contribution in [1.82, 2.24) is 0 Å². The second-order valence-electron chi connectivity index (χ2n) is 6.78. The first kappa shape index (κ1) is 14.1. The van der Waals surface area contributed by atoms with Crippen LogP contribution in [0.5, 0.6) is 0 Å². The minimum atomic E-state index is -0.181. The highest BCUT2D eigenvalue weighted by atomic mass is 19.1. The number of nitrogens with one attached hydrogen (secondary N) is 1. The minimum Gasteiger partial charge on any atom is -0.378 e. The molecule has 1 unspecified atom stereocenters. The van der Waals surface area contributed by atoms with Crippen LogP contribution in [0.4, 0.5) is 10.1 Å². The Morgan fingerprint density at radius 1 is 1.14 bits per heavy atom. The molecule has 0 saturated heterocycles. The number of fused-ring (bicyclic) bond motifs is 1. The third-order valence-electron chi connectivity index (χ3n) is 4.54. The highest BCUT2D eigenvalue weighted by Crippen LogP contribution is 2.45. The minimum absolute atomic E-state index is 0.147. The molecule has 0 spiro atoms. The number of hydrogen-bond donors (Lipinski definition) is 1. The highest BCUT2D eigenvalue weighted by molar-refractivity contribution is 5.50. The van der Waals surface area contributed by atoms with E-state index in [1.165, 1.54) is 11.1 Å². The van der Waals surface area contributed by atoms with Crippen molar-refractivity contribution in [1.29, 1.82) is 0 Å². The Morgan fingerprint density at radius 2 is 1.90 bits per heavy atom. The molecule has 0 heterocycles. The zero-order valence-corrected chi connectivity index (χ0v) is 12.9. The van der Waals surface area contributed by atoms with Crippen molar-refractivity contribution in [3.8, 4) is 0 Å². The number of anilines is 1. The van der Waals surface area contributed by atoms with Gasteiger partial charge >= 0.3 is 0 Å². The number of hydrogen-bond acceptors (Lipinski definition) is 1. The van der Waals surface area contributed by atoms with Gasteiger partial charge in [0.15, 0.2) is 0 Å². The molecule has 0 radical (unpaired) electrons. The van der Waals surface area contributed by atoms with Gasteiger partial charge in [0.05, 0.1) is 6.04 Å². The second kappa shape index (κ2) is 5.18. The fourth-order valence-electron chi connectivity index (χ4n) is 3.33. The molecule has 1 aliphatic rings. The third-order valence-corrected chi connectivity index (χ3v) is 4.54. The molecule has 3 rings (SSSR count). The Balaban J connectivity index is 1.99. The monoisotopic (exact) mass is 283 g/mol. The summed E-state index contributed by atoms with van der Waals surface area (Å²) in [5, 5.41) is 3.57. The molecular formula is C19H22FN. The summed E-state index contributed by atoms with van der Waals surface area (Å²) < 4.78 is 13.6. The van der Waals surface area contributed by atoms with Crippen molar-refractivity contribution < 1.29 is 4.39 Å². The molecule has 0 aliphatic heterocycles. The predicted molar refractivity (Wildman–Crippen MR) is 86.0 cm³/mol. The van der Waals surface area contributed by atoms with Gasteiger partial charge in [0.1, 0.15) is 5.82 Å². The molecule has 1 nitrogen and oxygen atoms in total. The van der Waals surface area contributed by atoms with Crippen LogP contribution in [0.3, 0.4) is 0 Å². The van der Waals surface area contributed by atoms with Gasteiger partial charge in [0.2, 0.25) is 0 Å². The van der Waals surface area contributed by atoms with Crippen LogP contribution in [-0.2, 0) is 6.42 Å². The molecule has 0 aromatic heterocycles. The topological polar surface area (TPSA) is 12.0 Å². The molecule has 0 fully saturated rings. The third kappa shape index (κ3) is 2.80. The van der Waals surface area contributed by atoms with Crippen molar-refractivity contribution in [3.63, 3.8) is 0 Å². The van der Waals surface area contributed by atoms with Crippen molar-refractivity contribution in [2.45, 2.75) is 39.7 Å². The first-order valence-electron chi connectivity index (χ1n) is 7.57. The van der Waals surface area contributed by atoms with E-state index in [1.807, 2.05) is 13.0 Å². The van der Waals surface area contributed by atoms with Gasteiger partial charge in [-0.2, -0.15) is 0 Å². The quantitative estimate of drug-likeness (QED) is 0.792. The molecule has 21 heavy (non-hydrogen) atoms. The van der Waals surface area contributed by atoms with Gasteiger partial charge in [-0.15, -0.1) is 0 Å². The van der Waals surface area contributed by atoms with E-state index < -0.39 is 0 Å². The summed E-state index contributed by atoms with van der Waals surface area (Å²) in [6, 6.07) is 14.0. The largest absolute Gasteiger partial charge is 0.378 e. The normalized spacial score (nSPS) is 19.9. The van der Waals surface area contributed by atoms with Gasteiger partial charge in [0.25, 0.3) is 0 Å². The zero-order valence-electron chi connectivity index (χ0n) is 12.9. The molecule has 2 aromatic carbocycles. The summed E-state index contributed by atoms with van der Waals surface area (Å²) in [7, 11) is 0. The molecule has 2 heteroatoms. The summed E-state index contributed by atoms with van der Waals surface area (Å²) in [6.07, 6.45) is 2.25. The van der Waals surface area contributed by atoms with E-state index >= 15 is 0 Å². The lowest BCUT2D eigenvalue weighted by Crippen LogP contribution is -2.33. The summed E-state index contributed by atoms with van der Waals surface area (Å²) in [6.45, 7) is 6.49. The maximum Gasteiger partial charge on any atom is 0.125 e. The lowest BCUT2D eigenvalue weighted by atomic mass is 9.70. The van der Waals surface area contributed by atoms with Gasteiger partial charge in [-0.1, -0.05) is 38.1 Å². The van der Waals surface area contributed by atoms with E-state index in [9.17, 15) is 4.39 Å². The molecule has 1 atom stereocenters. The van der Waals surface area contributed by atoms with Gasteiger partial charge in [-0.3, -0.25) is 0 Å². The maximum atomic E-state index is 13.6. The maximum absolute atomic E-state index is 13.6. The molecule has 0 bridgehead atoms. The Morgan fingerprint density at radius 3 is 2.67 bits per heavy atom. The van der Waals surface area contributed by atoms with Crippen LogP contribution in [0, 0.1) is 18.2 Å². The number of rotatable bonds is 2. The summed E-state index contributed by atoms with van der Waals surface area (Å²) in [5.74, 6) is -0.181. The fraction of sp³-hybridized carbons (Fsp3) is 0.368. The highest BCUT2D eigenvalue weighted by Gasteiger charge is 2.35. The van der Waals surface area contributed by atoms with Gasteiger partial charge < -0.3 is 5.32 Å². The fourth-order valence-corrected chi connectivity index (χ4v) is 3.33. The van der Waals surface area contributed by atoms with E-state index in [2.05, 4.69) is 43.4 Å². The molecular weight excluding hydrogens is 261 g/mol. The van der Waals surface area contributed by atoms with Crippen molar-refractivity contribution in [2.75, 3.05) is 5.32 Å². The van der Waals surface area contributed by atoms with Crippen molar-refractivity contribution >= 4 is 5.69 Å². The predicted octanol–water partition coefficient (Wildman–Crippen LogP) is 5.26. The van der Waals surface area contributed by atoms with Gasteiger partial charge in [-0.25, -0.2) is 4.39 Å². The van der Waals surface area contributed by atoms with Crippen LogP contribution in [-0.4, -0.2) is 0 Å². The van der Waals surface area contributed by atoms with Gasteiger partial charge in [-0.05, 0) is 60.1 Å². The molecule has 1 aliphatic carbocycles. The SMILES string of the molecule is Cc1cc(F)cc(NC2c3ccccc3CCC2(C)C)c1. The zero-order chi connectivity index (χ0) is 15.0. The Bertz CT molecular complexity index is 640.